The van der Waals surface area contributed by atoms with E-state index in [0.29, 0.717) is 5.56 Å². The van der Waals surface area contributed by atoms with Gasteiger partial charge >= 0.3 is 51.4 Å². The molecule has 2 aromatic heterocycles. The second kappa shape index (κ2) is 5.33. The molecule has 0 unspecified atom stereocenters. The van der Waals surface area contributed by atoms with Crippen molar-refractivity contribution in [2.75, 3.05) is 0 Å². The van der Waals surface area contributed by atoms with Crippen LogP contribution in [0.5, 0.6) is 5.75 Å². The average molecular weight is 248 g/mol. The summed E-state index contributed by atoms with van der Waals surface area (Å²) in [6.07, 6.45) is 3.78. The number of hydrogen-bond acceptors (Lipinski definition) is 2. The summed E-state index contributed by atoms with van der Waals surface area (Å²) in [6.45, 7) is 0. The molecule has 2 heterocycles. The number of benzene rings is 1. The smallest absolute Gasteiger partial charge is 0.872 e. The summed E-state index contributed by atoms with van der Waals surface area (Å²) in [5.74, 6) is 0.00547. The Hall–Kier alpha value is -0.654. The molecular formula is C13H9KN2O. The minimum Gasteiger partial charge on any atom is -0.872 e. The van der Waals surface area contributed by atoms with Crippen LogP contribution in [0.2, 0.25) is 0 Å². The number of para-hydroxylation sites is 1. The van der Waals surface area contributed by atoms with Crippen molar-refractivity contribution >= 4 is 5.65 Å². The van der Waals surface area contributed by atoms with Crippen LogP contribution in [0.1, 0.15) is 0 Å². The van der Waals surface area contributed by atoms with Gasteiger partial charge in [0.05, 0.1) is 5.69 Å². The predicted octanol–water partition coefficient (Wildman–Crippen LogP) is -0.921. The third-order valence-electron chi connectivity index (χ3n) is 2.53. The molecule has 0 saturated carbocycles. The normalized spacial score (nSPS) is 10.1. The van der Waals surface area contributed by atoms with Gasteiger partial charge in [-0.1, -0.05) is 36.1 Å². The SMILES string of the molecule is [K+].[O-]c1ccccc1-c1cn2ccccc2n1. The topological polar surface area (TPSA) is 40.4 Å². The van der Waals surface area contributed by atoms with Gasteiger partial charge in [-0.15, -0.1) is 0 Å². The van der Waals surface area contributed by atoms with E-state index >= 15 is 0 Å². The Morgan fingerprint density at radius 1 is 1.00 bits per heavy atom. The van der Waals surface area contributed by atoms with E-state index in [1.54, 1.807) is 18.2 Å². The number of rotatable bonds is 1. The van der Waals surface area contributed by atoms with Gasteiger partial charge in [0.25, 0.3) is 0 Å². The molecule has 3 aromatic rings. The molecule has 0 N–H and O–H groups in total. The van der Waals surface area contributed by atoms with Gasteiger partial charge in [0, 0.05) is 12.4 Å². The van der Waals surface area contributed by atoms with Crippen LogP contribution >= 0.6 is 0 Å². The molecule has 0 radical (unpaired) electrons. The number of aromatic nitrogens is 2. The van der Waals surface area contributed by atoms with E-state index in [1.807, 2.05) is 41.1 Å². The average Bonchev–Trinajstić information content (AvgIpc) is 2.73. The first-order valence-electron chi connectivity index (χ1n) is 5.05. The molecule has 0 aliphatic heterocycles. The molecule has 3 rings (SSSR count). The second-order valence-electron chi connectivity index (χ2n) is 3.59. The van der Waals surface area contributed by atoms with E-state index in [0.717, 1.165) is 11.3 Å². The second-order valence-corrected chi connectivity index (χ2v) is 3.59. The summed E-state index contributed by atoms with van der Waals surface area (Å²) in [5.41, 5.74) is 2.21. The van der Waals surface area contributed by atoms with Gasteiger partial charge in [0.15, 0.2) is 0 Å². The Kier molecular flexibility index (Phi) is 4.01. The molecule has 0 amide bonds. The van der Waals surface area contributed by atoms with E-state index in [-0.39, 0.29) is 57.1 Å². The number of imidazole rings is 1. The van der Waals surface area contributed by atoms with Gasteiger partial charge in [-0.2, -0.15) is 0 Å². The number of hydrogen-bond donors (Lipinski definition) is 0. The fraction of sp³-hybridized carbons (Fsp3) is 0. The van der Waals surface area contributed by atoms with Crippen LogP contribution in [0, 0.1) is 0 Å². The molecule has 0 aliphatic carbocycles. The van der Waals surface area contributed by atoms with Gasteiger partial charge in [-0.25, -0.2) is 4.98 Å². The molecule has 17 heavy (non-hydrogen) atoms. The fourth-order valence-corrected chi connectivity index (χ4v) is 1.74. The molecule has 0 spiro atoms. The van der Waals surface area contributed by atoms with Crippen LogP contribution in [0.4, 0.5) is 0 Å². The third-order valence-corrected chi connectivity index (χ3v) is 2.53. The van der Waals surface area contributed by atoms with Gasteiger partial charge in [0.1, 0.15) is 5.65 Å². The van der Waals surface area contributed by atoms with Crippen molar-refractivity contribution in [2.45, 2.75) is 0 Å². The Morgan fingerprint density at radius 3 is 2.53 bits per heavy atom. The first-order chi connectivity index (χ1) is 7.84. The van der Waals surface area contributed by atoms with Gasteiger partial charge in [0.2, 0.25) is 0 Å². The molecule has 4 heteroatoms. The molecule has 0 fully saturated rings. The van der Waals surface area contributed by atoms with Crippen LogP contribution in [0.3, 0.4) is 0 Å². The minimum atomic E-state index is 0. The zero-order valence-corrected chi connectivity index (χ0v) is 12.6. The predicted molar refractivity (Wildman–Crippen MR) is 60.1 cm³/mol. The standard InChI is InChI=1S/C13H10N2O.K/c16-12-6-2-1-5-10(12)11-9-15-8-4-3-7-13(15)14-11;/h1-9,16H;/q;+1/p-1. The zero-order chi connectivity index (χ0) is 11.0. The summed E-state index contributed by atoms with van der Waals surface area (Å²) >= 11 is 0. The molecule has 0 aliphatic rings. The molecular weight excluding hydrogens is 239 g/mol. The summed E-state index contributed by atoms with van der Waals surface area (Å²) < 4.78 is 1.90. The maximum atomic E-state index is 11.6. The van der Waals surface area contributed by atoms with Crippen LogP contribution in [0.15, 0.2) is 54.9 Å². The zero-order valence-electron chi connectivity index (χ0n) is 9.50. The van der Waals surface area contributed by atoms with Crippen molar-refractivity contribution in [1.82, 2.24) is 9.38 Å². The number of nitrogens with zero attached hydrogens (tertiary/aromatic N) is 2. The largest absolute Gasteiger partial charge is 1.00 e. The van der Waals surface area contributed by atoms with E-state index in [4.69, 9.17) is 0 Å². The van der Waals surface area contributed by atoms with Gasteiger partial charge in [-0.3, -0.25) is 0 Å². The molecule has 0 bridgehead atoms. The summed E-state index contributed by atoms with van der Waals surface area (Å²) in [5, 5.41) is 11.6. The first kappa shape index (κ1) is 12.8. The van der Waals surface area contributed by atoms with E-state index < -0.39 is 0 Å². The maximum absolute atomic E-state index is 11.6. The Bertz CT molecular complexity index is 615. The van der Waals surface area contributed by atoms with Crippen LogP contribution in [-0.2, 0) is 0 Å². The first-order valence-corrected chi connectivity index (χ1v) is 5.05. The monoisotopic (exact) mass is 248 g/mol. The van der Waals surface area contributed by atoms with Crippen LogP contribution in [-0.4, -0.2) is 9.38 Å². The van der Waals surface area contributed by atoms with Crippen LogP contribution in [0.25, 0.3) is 16.9 Å². The fourth-order valence-electron chi connectivity index (χ4n) is 1.74. The minimum absolute atomic E-state index is 0. The summed E-state index contributed by atoms with van der Waals surface area (Å²) in [7, 11) is 0. The van der Waals surface area contributed by atoms with Crippen molar-refractivity contribution in [3.05, 3.63) is 54.9 Å². The third kappa shape index (κ3) is 2.46. The Labute approximate surface area is 142 Å². The van der Waals surface area contributed by atoms with Crippen molar-refractivity contribution in [3.8, 4) is 17.0 Å². The van der Waals surface area contributed by atoms with E-state index in [9.17, 15) is 5.11 Å². The van der Waals surface area contributed by atoms with Crippen molar-refractivity contribution in [3.63, 3.8) is 0 Å². The molecule has 0 saturated heterocycles. The molecule has 78 valence electrons. The van der Waals surface area contributed by atoms with Crippen molar-refractivity contribution in [1.29, 1.82) is 0 Å². The quantitative estimate of drug-likeness (QED) is 0.523. The number of fused-ring (bicyclic) bond motifs is 1. The molecule has 1 aromatic carbocycles. The van der Waals surface area contributed by atoms with Gasteiger partial charge < -0.3 is 9.51 Å². The van der Waals surface area contributed by atoms with Crippen molar-refractivity contribution in [2.24, 2.45) is 0 Å². The van der Waals surface area contributed by atoms with Crippen molar-refractivity contribution < 1.29 is 56.5 Å². The molecule has 0 atom stereocenters. The number of pyridine rings is 1. The Balaban J connectivity index is 0.00000108. The Morgan fingerprint density at radius 2 is 1.76 bits per heavy atom. The molecule has 3 nitrogen and oxygen atoms in total. The maximum Gasteiger partial charge on any atom is 1.00 e. The summed E-state index contributed by atoms with van der Waals surface area (Å²) in [6, 6.07) is 12.7. The van der Waals surface area contributed by atoms with E-state index in [2.05, 4.69) is 4.98 Å². The van der Waals surface area contributed by atoms with Crippen LogP contribution < -0.4 is 56.5 Å². The summed E-state index contributed by atoms with van der Waals surface area (Å²) in [4.78, 5) is 4.41. The van der Waals surface area contributed by atoms with Gasteiger partial charge in [-0.05, 0) is 17.7 Å². The van der Waals surface area contributed by atoms with E-state index in [1.165, 1.54) is 0 Å².